The maximum Gasteiger partial charge on any atom is 0.348 e. The Bertz CT molecular complexity index is 777. The van der Waals surface area contributed by atoms with Crippen molar-refractivity contribution >= 4 is 54.9 Å². The van der Waals surface area contributed by atoms with Gasteiger partial charge < -0.3 is 14.0 Å². The summed E-state index contributed by atoms with van der Waals surface area (Å²) >= 11 is 7.91. The molecule has 2 rings (SSSR count). The Morgan fingerprint density at radius 2 is 1.96 bits per heavy atom. The minimum Gasteiger partial charge on any atom is -0.453 e. The largest absolute Gasteiger partial charge is 0.453 e. The van der Waals surface area contributed by atoms with E-state index in [1.54, 1.807) is 13.2 Å². The van der Waals surface area contributed by atoms with Crippen LogP contribution in [0, 0.1) is 13.8 Å². The number of esters is 1. The number of Topliss-reactive ketones (excluding diaryl/α,β-unsaturated/α-hetero) is 1. The molecule has 0 radical (unpaired) electrons. The van der Waals surface area contributed by atoms with Crippen LogP contribution in [-0.4, -0.2) is 36.6 Å². The average Bonchev–Trinajstić information content (AvgIpc) is 3.04. The Balaban J connectivity index is 2.08. The second-order valence-corrected chi connectivity index (χ2v) is 8.92. The van der Waals surface area contributed by atoms with Crippen LogP contribution < -0.4 is 0 Å². The summed E-state index contributed by atoms with van der Waals surface area (Å²) in [7, 11) is 1.65. The molecule has 1 unspecified atom stereocenters. The fourth-order valence-corrected chi connectivity index (χ4v) is 4.71. The van der Waals surface area contributed by atoms with Gasteiger partial charge >= 0.3 is 5.97 Å². The van der Waals surface area contributed by atoms with Crippen molar-refractivity contribution in [3.63, 3.8) is 0 Å². The molecule has 0 spiro atoms. The maximum atomic E-state index is 12.5. The molecular formula is C17H19Br2NO4S. The summed E-state index contributed by atoms with van der Waals surface area (Å²) in [6.07, 6.45) is 0. The van der Waals surface area contributed by atoms with Crippen molar-refractivity contribution in [1.82, 2.24) is 4.57 Å². The summed E-state index contributed by atoms with van der Waals surface area (Å²) in [6, 6.07) is 3.62. The van der Waals surface area contributed by atoms with Crippen LogP contribution in [0.5, 0.6) is 0 Å². The molecule has 0 saturated carbocycles. The summed E-state index contributed by atoms with van der Waals surface area (Å²) in [4.78, 5) is 25.0. The lowest BCUT2D eigenvalue weighted by Gasteiger charge is -2.17. The van der Waals surface area contributed by atoms with Crippen LogP contribution in [0.2, 0.25) is 0 Å². The first-order valence-electron chi connectivity index (χ1n) is 7.58. The quantitative estimate of drug-likeness (QED) is 0.405. The summed E-state index contributed by atoms with van der Waals surface area (Å²) in [5.41, 5.74) is 2.40. The first-order chi connectivity index (χ1) is 11.8. The van der Waals surface area contributed by atoms with E-state index in [9.17, 15) is 9.59 Å². The van der Waals surface area contributed by atoms with Crippen LogP contribution in [0.25, 0.3) is 0 Å². The van der Waals surface area contributed by atoms with E-state index >= 15 is 0 Å². The van der Waals surface area contributed by atoms with Gasteiger partial charge in [0.25, 0.3) is 0 Å². The van der Waals surface area contributed by atoms with E-state index in [2.05, 4.69) is 36.4 Å². The van der Waals surface area contributed by atoms with Crippen molar-refractivity contribution < 1.29 is 19.1 Å². The number of hydrogen-bond donors (Lipinski definition) is 0. The SMILES string of the molecule is COCC(C)n1c(C)cc(C(=O)COC(=O)c2cc(Br)c(Br)s2)c1C. The number of aromatic nitrogens is 1. The molecule has 0 aliphatic rings. The van der Waals surface area contributed by atoms with Crippen molar-refractivity contribution in [2.45, 2.75) is 26.8 Å². The number of ketones is 1. The predicted octanol–water partition coefficient (Wildman–Crippen LogP) is 4.94. The zero-order valence-corrected chi connectivity index (χ0v) is 18.4. The molecule has 0 aliphatic carbocycles. The molecule has 0 fully saturated rings. The Morgan fingerprint density at radius 1 is 1.28 bits per heavy atom. The zero-order chi connectivity index (χ0) is 18.7. The Hall–Kier alpha value is -0.960. The monoisotopic (exact) mass is 491 g/mol. The molecule has 0 saturated heterocycles. The Morgan fingerprint density at radius 3 is 2.52 bits per heavy atom. The number of rotatable bonds is 7. The molecule has 0 amide bonds. The molecule has 8 heteroatoms. The lowest BCUT2D eigenvalue weighted by molar-refractivity contribution is 0.0479. The maximum absolute atomic E-state index is 12.5. The van der Waals surface area contributed by atoms with Gasteiger partial charge in [0, 0.05) is 28.5 Å². The summed E-state index contributed by atoms with van der Waals surface area (Å²) in [5, 5.41) is 0. The molecule has 0 aromatic carbocycles. The minimum absolute atomic E-state index is 0.120. The van der Waals surface area contributed by atoms with Crippen molar-refractivity contribution in [1.29, 1.82) is 0 Å². The van der Waals surface area contributed by atoms with E-state index in [1.807, 2.05) is 26.8 Å². The zero-order valence-electron chi connectivity index (χ0n) is 14.4. The molecule has 2 aromatic heterocycles. The van der Waals surface area contributed by atoms with E-state index in [1.165, 1.54) is 11.3 Å². The van der Waals surface area contributed by atoms with Gasteiger partial charge in [0.1, 0.15) is 4.88 Å². The molecule has 0 bridgehead atoms. The van der Waals surface area contributed by atoms with Crippen LogP contribution in [0.1, 0.15) is 44.4 Å². The van der Waals surface area contributed by atoms with Gasteiger partial charge in [0.15, 0.2) is 6.61 Å². The normalized spacial score (nSPS) is 12.2. The third-order valence-corrected chi connectivity index (χ3v) is 7.05. The molecule has 5 nitrogen and oxygen atoms in total. The van der Waals surface area contributed by atoms with Crippen LogP contribution in [0.4, 0.5) is 0 Å². The molecule has 25 heavy (non-hydrogen) atoms. The summed E-state index contributed by atoms with van der Waals surface area (Å²) in [5.74, 6) is -0.724. The van der Waals surface area contributed by atoms with Gasteiger partial charge in [0.05, 0.1) is 16.4 Å². The first-order valence-corrected chi connectivity index (χ1v) is 9.99. The van der Waals surface area contributed by atoms with Gasteiger partial charge in [-0.1, -0.05) is 0 Å². The van der Waals surface area contributed by atoms with E-state index in [0.717, 1.165) is 19.6 Å². The molecular weight excluding hydrogens is 474 g/mol. The van der Waals surface area contributed by atoms with Crippen LogP contribution in [0.15, 0.2) is 20.4 Å². The van der Waals surface area contributed by atoms with Crippen molar-refractivity contribution in [2.24, 2.45) is 0 Å². The van der Waals surface area contributed by atoms with Gasteiger partial charge in [-0.2, -0.15) is 0 Å². The number of carbonyl (C=O) groups excluding carboxylic acids is 2. The number of methoxy groups -OCH3 is 1. The molecule has 0 N–H and O–H groups in total. The standard InChI is InChI=1S/C17H19Br2NO4S/c1-9-5-12(11(3)20(9)10(2)7-23-4)14(21)8-24-17(22)15-6-13(18)16(19)25-15/h5-6,10H,7-8H2,1-4H3. The van der Waals surface area contributed by atoms with Gasteiger partial charge in [-0.25, -0.2) is 4.79 Å². The average molecular weight is 493 g/mol. The second-order valence-electron chi connectivity index (χ2n) is 5.69. The van der Waals surface area contributed by atoms with E-state index in [0.29, 0.717) is 17.0 Å². The third kappa shape index (κ3) is 4.61. The molecule has 1 atom stereocenters. The highest BCUT2D eigenvalue weighted by molar-refractivity contribution is 9.13. The number of ether oxygens (including phenoxy) is 2. The Labute approximate surface area is 167 Å². The fraction of sp³-hybridized carbons (Fsp3) is 0.412. The van der Waals surface area contributed by atoms with E-state index in [-0.39, 0.29) is 18.4 Å². The number of thiophene rings is 1. The van der Waals surface area contributed by atoms with Gasteiger partial charge in [-0.05, 0) is 64.8 Å². The van der Waals surface area contributed by atoms with Crippen LogP contribution in [-0.2, 0) is 9.47 Å². The van der Waals surface area contributed by atoms with Crippen LogP contribution >= 0.6 is 43.2 Å². The third-order valence-electron chi connectivity index (χ3n) is 3.81. The number of nitrogens with zero attached hydrogens (tertiary/aromatic N) is 1. The van der Waals surface area contributed by atoms with E-state index in [4.69, 9.17) is 9.47 Å². The topological polar surface area (TPSA) is 57.5 Å². The second kappa shape index (κ2) is 8.62. The van der Waals surface area contributed by atoms with Crippen molar-refractivity contribution in [2.75, 3.05) is 20.3 Å². The lowest BCUT2D eigenvalue weighted by Crippen LogP contribution is -2.16. The highest BCUT2D eigenvalue weighted by atomic mass is 79.9. The number of hydrogen-bond acceptors (Lipinski definition) is 5. The van der Waals surface area contributed by atoms with E-state index < -0.39 is 5.97 Å². The first kappa shape index (κ1) is 20.4. The number of carbonyl (C=O) groups is 2. The molecule has 2 heterocycles. The van der Waals surface area contributed by atoms with Crippen LogP contribution in [0.3, 0.4) is 0 Å². The van der Waals surface area contributed by atoms with Crippen molar-refractivity contribution in [3.8, 4) is 0 Å². The fourth-order valence-electron chi connectivity index (χ4n) is 2.78. The molecule has 2 aromatic rings. The lowest BCUT2D eigenvalue weighted by atomic mass is 10.1. The number of aryl methyl sites for hydroxylation is 1. The Kier molecular flexibility index (Phi) is 7.01. The van der Waals surface area contributed by atoms with Gasteiger partial charge in [-0.3, -0.25) is 4.79 Å². The number of halogens is 2. The minimum atomic E-state index is -0.508. The van der Waals surface area contributed by atoms with Crippen molar-refractivity contribution in [3.05, 3.63) is 42.2 Å². The van der Waals surface area contributed by atoms with Gasteiger partial charge in [0.2, 0.25) is 5.78 Å². The summed E-state index contributed by atoms with van der Waals surface area (Å²) in [6.45, 7) is 6.14. The molecule has 136 valence electrons. The summed E-state index contributed by atoms with van der Waals surface area (Å²) < 4.78 is 14.0. The highest BCUT2D eigenvalue weighted by Gasteiger charge is 2.21. The highest BCUT2D eigenvalue weighted by Crippen LogP contribution is 2.32. The predicted molar refractivity (Wildman–Crippen MR) is 105 cm³/mol. The molecule has 0 aliphatic heterocycles. The smallest absolute Gasteiger partial charge is 0.348 e. The van der Waals surface area contributed by atoms with Gasteiger partial charge in [-0.15, -0.1) is 11.3 Å².